The molecule has 0 radical (unpaired) electrons. The summed E-state index contributed by atoms with van der Waals surface area (Å²) in [7, 11) is 0. The summed E-state index contributed by atoms with van der Waals surface area (Å²) in [4.78, 5) is 24.7. The van der Waals surface area contributed by atoms with Gasteiger partial charge in [-0.3, -0.25) is 9.69 Å². The Balaban J connectivity index is 1.26. The Bertz CT molecular complexity index is 1420. The SMILES string of the molecule is O=c1ccn(C2CCN(Cc3ccc4[nH]ccc4c3)CC2)c2c1c[nH+]c1[nH]ccc12. The van der Waals surface area contributed by atoms with Gasteiger partial charge in [-0.1, -0.05) is 6.07 Å². The number of fused-ring (bicyclic) bond motifs is 4. The van der Waals surface area contributed by atoms with Crippen LogP contribution in [0, 0.1) is 0 Å². The molecule has 1 fully saturated rings. The molecule has 3 N–H and O–H groups in total. The van der Waals surface area contributed by atoms with Gasteiger partial charge >= 0.3 is 0 Å². The largest absolute Gasteiger partial charge is 0.361 e. The van der Waals surface area contributed by atoms with Crippen LogP contribution in [-0.4, -0.2) is 32.5 Å². The number of piperidine rings is 1. The number of nitrogens with one attached hydrogen (secondary N) is 3. The second-order valence-corrected chi connectivity index (χ2v) is 8.31. The summed E-state index contributed by atoms with van der Waals surface area (Å²) in [5.41, 5.74) is 4.61. The van der Waals surface area contributed by atoms with Crippen LogP contribution in [0.15, 0.2) is 66.0 Å². The van der Waals surface area contributed by atoms with Crippen molar-refractivity contribution in [2.24, 2.45) is 0 Å². The predicted octanol–water partition coefficient (Wildman–Crippen LogP) is 3.62. The van der Waals surface area contributed by atoms with Crippen molar-refractivity contribution in [3.8, 4) is 0 Å². The molecule has 0 bridgehead atoms. The van der Waals surface area contributed by atoms with Crippen LogP contribution < -0.4 is 10.4 Å². The predicted molar refractivity (Wildman–Crippen MR) is 118 cm³/mol. The third kappa shape index (κ3) is 2.83. The van der Waals surface area contributed by atoms with Gasteiger partial charge in [-0.05, 0) is 48.1 Å². The smallest absolute Gasteiger partial charge is 0.286 e. The Kier molecular flexibility index (Phi) is 3.99. The van der Waals surface area contributed by atoms with Gasteiger partial charge in [-0.25, -0.2) is 9.97 Å². The molecule has 0 unspecified atom stereocenters. The molecule has 0 saturated carbocycles. The third-order valence-corrected chi connectivity index (χ3v) is 6.50. The fraction of sp³-hybridized carbons (Fsp3) is 0.250. The molecule has 5 aromatic rings. The molecule has 6 rings (SSSR count). The second kappa shape index (κ2) is 6.85. The molecule has 30 heavy (non-hydrogen) atoms. The number of benzene rings is 1. The highest BCUT2D eigenvalue weighted by Gasteiger charge is 2.23. The first-order chi connectivity index (χ1) is 14.8. The van der Waals surface area contributed by atoms with Crippen molar-refractivity contribution in [3.05, 3.63) is 77.0 Å². The fourth-order valence-electron chi connectivity index (χ4n) is 4.94. The van der Waals surface area contributed by atoms with Crippen molar-refractivity contribution < 1.29 is 4.98 Å². The van der Waals surface area contributed by atoms with E-state index in [1.165, 1.54) is 16.5 Å². The van der Waals surface area contributed by atoms with E-state index in [0.29, 0.717) is 6.04 Å². The van der Waals surface area contributed by atoms with E-state index in [9.17, 15) is 4.79 Å². The molecule has 0 spiro atoms. The molecule has 1 aromatic carbocycles. The van der Waals surface area contributed by atoms with Crippen LogP contribution in [0.25, 0.3) is 32.8 Å². The van der Waals surface area contributed by atoms with Crippen LogP contribution in [0.2, 0.25) is 0 Å². The minimum Gasteiger partial charge on any atom is -0.361 e. The first-order valence-electron chi connectivity index (χ1n) is 10.6. The molecule has 0 aliphatic carbocycles. The molecule has 6 nitrogen and oxygen atoms in total. The summed E-state index contributed by atoms with van der Waals surface area (Å²) < 4.78 is 2.32. The van der Waals surface area contributed by atoms with Crippen LogP contribution in [0.5, 0.6) is 0 Å². The van der Waals surface area contributed by atoms with Crippen molar-refractivity contribution in [1.29, 1.82) is 0 Å². The minimum atomic E-state index is 0.0678. The molecule has 150 valence electrons. The number of hydrogen-bond acceptors (Lipinski definition) is 2. The van der Waals surface area contributed by atoms with Crippen LogP contribution in [0.3, 0.4) is 0 Å². The lowest BCUT2D eigenvalue weighted by Crippen LogP contribution is -2.34. The summed E-state index contributed by atoms with van der Waals surface area (Å²) in [6.07, 6.45) is 9.89. The van der Waals surface area contributed by atoms with E-state index < -0.39 is 0 Å². The highest BCUT2D eigenvalue weighted by molar-refractivity contribution is 6.00. The number of hydrogen-bond donors (Lipinski definition) is 2. The fourth-order valence-corrected chi connectivity index (χ4v) is 4.94. The summed E-state index contributed by atoms with van der Waals surface area (Å²) in [5.74, 6) is 0. The van der Waals surface area contributed by atoms with E-state index in [0.717, 1.165) is 54.4 Å². The average molecular weight is 398 g/mol. The number of aromatic amines is 3. The number of nitrogens with zero attached hydrogens (tertiary/aromatic N) is 2. The maximum absolute atomic E-state index is 12.5. The molecule has 5 heterocycles. The highest BCUT2D eigenvalue weighted by Crippen LogP contribution is 2.29. The van der Waals surface area contributed by atoms with E-state index in [4.69, 9.17) is 0 Å². The van der Waals surface area contributed by atoms with Crippen LogP contribution in [-0.2, 0) is 6.54 Å². The number of rotatable bonds is 3. The Labute approximate surface area is 173 Å². The van der Waals surface area contributed by atoms with Gasteiger partial charge in [0.2, 0.25) is 0 Å². The zero-order valence-electron chi connectivity index (χ0n) is 16.7. The van der Waals surface area contributed by atoms with Crippen molar-refractivity contribution in [1.82, 2.24) is 19.4 Å². The Morgan fingerprint density at radius 3 is 2.77 bits per heavy atom. The molecular weight excluding hydrogens is 374 g/mol. The average Bonchev–Trinajstić information content (AvgIpc) is 3.44. The lowest BCUT2D eigenvalue weighted by molar-refractivity contribution is -0.345. The Morgan fingerprint density at radius 1 is 1.00 bits per heavy atom. The Morgan fingerprint density at radius 2 is 1.87 bits per heavy atom. The summed E-state index contributed by atoms with van der Waals surface area (Å²) in [5, 5.41) is 3.11. The molecule has 6 heteroatoms. The van der Waals surface area contributed by atoms with E-state index in [1.54, 1.807) is 6.07 Å². The van der Waals surface area contributed by atoms with E-state index in [-0.39, 0.29) is 5.43 Å². The van der Waals surface area contributed by atoms with Gasteiger partial charge in [0.15, 0.2) is 5.43 Å². The molecule has 0 atom stereocenters. The van der Waals surface area contributed by atoms with Crippen LogP contribution in [0.4, 0.5) is 0 Å². The van der Waals surface area contributed by atoms with Gasteiger partial charge in [-0.15, -0.1) is 0 Å². The van der Waals surface area contributed by atoms with Crippen molar-refractivity contribution in [2.45, 2.75) is 25.4 Å². The highest BCUT2D eigenvalue weighted by atomic mass is 16.1. The van der Waals surface area contributed by atoms with Gasteiger partial charge < -0.3 is 9.55 Å². The second-order valence-electron chi connectivity index (χ2n) is 8.31. The normalized spacial score (nSPS) is 16.1. The maximum atomic E-state index is 12.5. The van der Waals surface area contributed by atoms with E-state index in [2.05, 4.69) is 54.8 Å². The van der Waals surface area contributed by atoms with Gasteiger partial charge in [0.05, 0.1) is 22.5 Å². The molecule has 1 saturated heterocycles. The third-order valence-electron chi connectivity index (χ3n) is 6.50. The molecule has 1 aliphatic heterocycles. The Hall–Kier alpha value is -3.38. The molecule has 4 aromatic heterocycles. The first kappa shape index (κ1) is 17.5. The number of likely N-dealkylation sites (tertiary alicyclic amines) is 1. The quantitative estimate of drug-likeness (QED) is 0.487. The number of aromatic nitrogens is 4. The summed E-state index contributed by atoms with van der Waals surface area (Å²) in [6.45, 7) is 3.09. The lowest BCUT2D eigenvalue weighted by Gasteiger charge is -2.34. The van der Waals surface area contributed by atoms with E-state index >= 15 is 0 Å². The molecule has 1 aliphatic rings. The summed E-state index contributed by atoms with van der Waals surface area (Å²) >= 11 is 0. The van der Waals surface area contributed by atoms with Gasteiger partial charge in [0.1, 0.15) is 6.20 Å². The van der Waals surface area contributed by atoms with Crippen molar-refractivity contribution in [2.75, 3.05) is 13.1 Å². The van der Waals surface area contributed by atoms with E-state index in [1.807, 2.05) is 24.8 Å². The van der Waals surface area contributed by atoms with Gasteiger partial charge in [0.25, 0.3) is 5.65 Å². The van der Waals surface area contributed by atoms with Crippen LogP contribution >= 0.6 is 0 Å². The number of pyridine rings is 2. The lowest BCUT2D eigenvalue weighted by atomic mass is 10.0. The summed E-state index contributed by atoms with van der Waals surface area (Å²) in [6, 6.07) is 13.0. The van der Waals surface area contributed by atoms with Crippen molar-refractivity contribution in [3.63, 3.8) is 0 Å². The number of H-pyrrole nitrogens is 3. The van der Waals surface area contributed by atoms with Crippen molar-refractivity contribution >= 4 is 32.8 Å². The zero-order valence-corrected chi connectivity index (χ0v) is 16.7. The van der Waals surface area contributed by atoms with Gasteiger partial charge in [0, 0.05) is 49.7 Å². The molecule has 0 amide bonds. The van der Waals surface area contributed by atoms with Gasteiger partial charge in [-0.2, -0.15) is 0 Å². The monoisotopic (exact) mass is 398 g/mol. The van der Waals surface area contributed by atoms with Crippen LogP contribution in [0.1, 0.15) is 24.4 Å². The standard InChI is InChI=1S/C24H23N5O/c30-22-7-12-29(23-19-4-9-26-24(19)27-14-20(22)23)18-5-10-28(11-6-18)15-16-1-2-21-17(13-16)3-8-25-21/h1-4,7-9,12-14,18,25H,5-6,10-11,15H2,(H,26,27)/p+1. The first-order valence-corrected chi connectivity index (χ1v) is 10.6. The minimum absolute atomic E-state index is 0.0678. The molecular formula is C24H24N5O+. The maximum Gasteiger partial charge on any atom is 0.286 e. The topological polar surface area (TPSA) is 71.0 Å². The zero-order chi connectivity index (χ0) is 20.1.